The van der Waals surface area contributed by atoms with Crippen molar-refractivity contribution >= 4 is 5.91 Å². The molecule has 0 radical (unpaired) electrons. The zero-order valence-electron chi connectivity index (χ0n) is 18.0. The molecular weight excluding hydrogens is 404 g/mol. The Morgan fingerprint density at radius 2 is 1.66 bits per heavy atom. The van der Waals surface area contributed by atoms with Crippen molar-refractivity contribution in [1.29, 1.82) is 0 Å². The molecule has 0 fully saturated rings. The van der Waals surface area contributed by atoms with Gasteiger partial charge in [-0.2, -0.15) is 0 Å². The monoisotopic (exact) mass is 428 g/mol. The highest BCUT2D eigenvalue weighted by Gasteiger charge is 2.19. The molecule has 7 nitrogen and oxygen atoms in total. The van der Waals surface area contributed by atoms with Crippen LogP contribution in [0, 0.1) is 6.92 Å². The van der Waals surface area contributed by atoms with Crippen molar-refractivity contribution < 1.29 is 9.53 Å². The average Bonchev–Trinajstić information content (AvgIpc) is 3.12. The SMILES string of the molecule is Cc1c(C(=O)NCc2ccccc2)nc(-n2ccc(OCc3ccccc3)cc2=O)n1C. The molecular formula is C25H24N4O3. The molecule has 0 atom stereocenters. The maximum atomic E-state index is 12.7. The Morgan fingerprint density at radius 1 is 1.00 bits per heavy atom. The number of hydrogen-bond acceptors (Lipinski definition) is 4. The molecule has 2 heterocycles. The number of rotatable bonds is 7. The quantitative estimate of drug-likeness (QED) is 0.490. The Morgan fingerprint density at radius 3 is 2.31 bits per heavy atom. The summed E-state index contributed by atoms with van der Waals surface area (Å²) in [5.74, 6) is 0.554. The van der Waals surface area contributed by atoms with Crippen LogP contribution in [-0.2, 0) is 20.2 Å². The summed E-state index contributed by atoms with van der Waals surface area (Å²) >= 11 is 0. The van der Waals surface area contributed by atoms with E-state index >= 15 is 0 Å². The number of nitrogens with zero attached hydrogens (tertiary/aromatic N) is 3. The van der Waals surface area contributed by atoms with Crippen molar-refractivity contribution in [2.24, 2.45) is 7.05 Å². The van der Waals surface area contributed by atoms with Crippen LogP contribution in [0.25, 0.3) is 5.95 Å². The number of ether oxygens (including phenoxy) is 1. The minimum Gasteiger partial charge on any atom is -0.489 e. The van der Waals surface area contributed by atoms with Crippen LogP contribution in [0.2, 0.25) is 0 Å². The normalized spacial score (nSPS) is 10.7. The van der Waals surface area contributed by atoms with Gasteiger partial charge in [0.1, 0.15) is 12.4 Å². The lowest BCUT2D eigenvalue weighted by atomic mass is 10.2. The Hall–Kier alpha value is -4.13. The first-order chi connectivity index (χ1) is 15.5. The fraction of sp³-hybridized carbons (Fsp3) is 0.160. The fourth-order valence-corrected chi connectivity index (χ4v) is 3.31. The van der Waals surface area contributed by atoms with E-state index in [1.54, 1.807) is 30.8 Å². The Labute approximate surface area is 185 Å². The minimum atomic E-state index is -0.292. The van der Waals surface area contributed by atoms with Gasteiger partial charge >= 0.3 is 0 Å². The van der Waals surface area contributed by atoms with Gasteiger partial charge in [0.05, 0.1) is 0 Å². The van der Waals surface area contributed by atoms with Gasteiger partial charge in [-0.05, 0) is 24.1 Å². The number of carbonyl (C=O) groups excluding carboxylic acids is 1. The molecule has 1 amide bonds. The van der Waals surface area contributed by atoms with Gasteiger partial charge in [0.2, 0.25) is 5.95 Å². The lowest BCUT2D eigenvalue weighted by Crippen LogP contribution is -2.24. The third-order valence-corrected chi connectivity index (χ3v) is 5.22. The second-order valence-electron chi connectivity index (χ2n) is 7.42. The summed E-state index contributed by atoms with van der Waals surface area (Å²) < 4.78 is 8.86. The van der Waals surface area contributed by atoms with Gasteiger partial charge in [-0.3, -0.25) is 14.2 Å². The summed E-state index contributed by atoms with van der Waals surface area (Å²) in [6.45, 7) is 2.58. The first kappa shape index (κ1) is 21.1. The standard InChI is InChI=1S/C25H24N4O3/c1-18-23(24(31)26-16-19-9-5-3-6-10-19)27-25(28(18)2)29-14-13-21(15-22(29)30)32-17-20-11-7-4-8-12-20/h3-15H,16-17H2,1-2H3,(H,26,31). The zero-order chi connectivity index (χ0) is 22.5. The van der Waals surface area contributed by atoms with Gasteiger partial charge in [0, 0.05) is 31.5 Å². The van der Waals surface area contributed by atoms with E-state index in [0.717, 1.165) is 11.1 Å². The minimum absolute atomic E-state index is 0.287. The number of imidazole rings is 1. The smallest absolute Gasteiger partial charge is 0.272 e. The molecule has 7 heteroatoms. The predicted molar refractivity (Wildman–Crippen MR) is 122 cm³/mol. The molecule has 162 valence electrons. The molecule has 4 rings (SSSR count). The number of carbonyl (C=O) groups is 1. The van der Waals surface area contributed by atoms with E-state index in [4.69, 9.17) is 4.74 Å². The number of aromatic nitrogens is 3. The first-order valence-corrected chi connectivity index (χ1v) is 10.3. The maximum Gasteiger partial charge on any atom is 0.272 e. The van der Waals surface area contributed by atoms with Gasteiger partial charge in [0.15, 0.2) is 5.69 Å². The summed E-state index contributed by atoms with van der Waals surface area (Å²) in [4.78, 5) is 29.9. The van der Waals surface area contributed by atoms with Crippen LogP contribution in [-0.4, -0.2) is 20.0 Å². The van der Waals surface area contributed by atoms with Gasteiger partial charge < -0.3 is 14.6 Å². The maximum absolute atomic E-state index is 12.7. The lowest BCUT2D eigenvalue weighted by molar-refractivity contribution is 0.0945. The highest BCUT2D eigenvalue weighted by atomic mass is 16.5. The summed E-state index contributed by atoms with van der Waals surface area (Å²) in [7, 11) is 1.78. The van der Waals surface area contributed by atoms with E-state index in [0.29, 0.717) is 30.5 Å². The molecule has 1 N–H and O–H groups in total. The van der Waals surface area contributed by atoms with Gasteiger partial charge in [-0.25, -0.2) is 4.98 Å². The largest absolute Gasteiger partial charge is 0.489 e. The molecule has 2 aromatic carbocycles. The Kier molecular flexibility index (Phi) is 6.17. The fourth-order valence-electron chi connectivity index (χ4n) is 3.31. The molecule has 4 aromatic rings. The molecule has 0 aliphatic heterocycles. The van der Waals surface area contributed by atoms with Crippen LogP contribution in [0.4, 0.5) is 0 Å². The summed E-state index contributed by atoms with van der Waals surface area (Å²) in [6.07, 6.45) is 1.61. The highest BCUT2D eigenvalue weighted by molar-refractivity contribution is 5.93. The van der Waals surface area contributed by atoms with Crippen LogP contribution < -0.4 is 15.6 Å². The molecule has 0 aliphatic rings. The van der Waals surface area contributed by atoms with Gasteiger partial charge in [-0.1, -0.05) is 60.7 Å². The second-order valence-corrected chi connectivity index (χ2v) is 7.42. The van der Waals surface area contributed by atoms with E-state index in [2.05, 4.69) is 10.3 Å². The number of benzene rings is 2. The van der Waals surface area contributed by atoms with E-state index in [9.17, 15) is 9.59 Å². The molecule has 0 bridgehead atoms. The van der Waals surface area contributed by atoms with Crippen molar-refractivity contribution in [1.82, 2.24) is 19.4 Å². The van der Waals surface area contributed by atoms with E-state index in [1.165, 1.54) is 10.6 Å². The van der Waals surface area contributed by atoms with Crippen LogP contribution in [0.15, 0.2) is 83.8 Å². The first-order valence-electron chi connectivity index (χ1n) is 10.3. The van der Waals surface area contributed by atoms with Gasteiger partial charge in [-0.15, -0.1) is 0 Å². The zero-order valence-corrected chi connectivity index (χ0v) is 18.0. The lowest BCUT2D eigenvalue weighted by Gasteiger charge is -2.09. The van der Waals surface area contributed by atoms with Crippen LogP contribution in [0.3, 0.4) is 0 Å². The molecule has 0 unspecified atom stereocenters. The Balaban J connectivity index is 1.51. The van der Waals surface area contributed by atoms with E-state index in [-0.39, 0.29) is 17.2 Å². The molecule has 0 saturated heterocycles. The van der Waals surface area contributed by atoms with Gasteiger partial charge in [0.25, 0.3) is 11.5 Å². The van der Waals surface area contributed by atoms with Crippen LogP contribution in [0.1, 0.15) is 27.3 Å². The molecule has 2 aromatic heterocycles. The second kappa shape index (κ2) is 9.34. The topological polar surface area (TPSA) is 78.2 Å². The molecule has 0 spiro atoms. The molecule has 0 saturated carbocycles. The molecule has 32 heavy (non-hydrogen) atoms. The summed E-state index contributed by atoms with van der Waals surface area (Å²) in [5, 5.41) is 2.88. The number of amides is 1. The van der Waals surface area contributed by atoms with E-state index in [1.807, 2.05) is 60.7 Å². The van der Waals surface area contributed by atoms with Crippen LogP contribution in [0.5, 0.6) is 5.75 Å². The number of nitrogens with one attached hydrogen (secondary N) is 1. The average molecular weight is 428 g/mol. The van der Waals surface area contributed by atoms with Crippen molar-refractivity contribution in [3.05, 3.63) is 112 Å². The summed E-state index contributed by atoms with van der Waals surface area (Å²) in [6, 6.07) is 22.5. The van der Waals surface area contributed by atoms with E-state index < -0.39 is 0 Å². The summed E-state index contributed by atoms with van der Waals surface area (Å²) in [5.41, 5.74) is 2.68. The predicted octanol–water partition coefficient (Wildman–Crippen LogP) is 3.39. The Bertz CT molecular complexity index is 1280. The third kappa shape index (κ3) is 4.62. The third-order valence-electron chi connectivity index (χ3n) is 5.22. The van der Waals surface area contributed by atoms with Crippen molar-refractivity contribution in [3.63, 3.8) is 0 Å². The van der Waals surface area contributed by atoms with Crippen LogP contribution >= 0.6 is 0 Å². The number of hydrogen-bond donors (Lipinski definition) is 1. The van der Waals surface area contributed by atoms with Crippen molar-refractivity contribution in [3.8, 4) is 11.7 Å². The van der Waals surface area contributed by atoms with Crippen molar-refractivity contribution in [2.45, 2.75) is 20.1 Å². The highest BCUT2D eigenvalue weighted by Crippen LogP contribution is 2.15. The molecule has 0 aliphatic carbocycles. The van der Waals surface area contributed by atoms with Crippen molar-refractivity contribution in [2.75, 3.05) is 0 Å². The number of pyridine rings is 1.